The third-order valence-electron chi connectivity index (χ3n) is 8.30. The summed E-state index contributed by atoms with van der Waals surface area (Å²) in [6, 6.07) is 5.32. The minimum atomic E-state index is -4.36. The van der Waals surface area contributed by atoms with Crippen molar-refractivity contribution in [1.82, 2.24) is 29.4 Å². The molecule has 3 atom stereocenters. The number of aryl methyl sites for hydroxylation is 1. The number of benzene rings is 1. The number of fused-ring (bicyclic) bond motifs is 1. The smallest absolute Gasteiger partial charge is 0.388 e. The van der Waals surface area contributed by atoms with Gasteiger partial charge >= 0.3 is 11.9 Å². The fourth-order valence-corrected chi connectivity index (χ4v) is 5.76. The first kappa shape index (κ1) is 26.6. The minimum absolute atomic E-state index is 0.0431. The van der Waals surface area contributed by atoms with Gasteiger partial charge in [-0.3, -0.25) is 9.47 Å². The van der Waals surface area contributed by atoms with Crippen molar-refractivity contribution in [3.05, 3.63) is 45.9 Å². The highest BCUT2D eigenvalue weighted by molar-refractivity contribution is 5.83. The van der Waals surface area contributed by atoms with Gasteiger partial charge < -0.3 is 10.0 Å². The second-order valence-corrected chi connectivity index (χ2v) is 10.8. The van der Waals surface area contributed by atoms with Crippen LogP contribution < -0.4 is 10.6 Å². The van der Waals surface area contributed by atoms with Gasteiger partial charge in [0, 0.05) is 38.3 Å². The van der Waals surface area contributed by atoms with E-state index in [-0.39, 0.29) is 24.7 Å². The summed E-state index contributed by atoms with van der Waals surface area (Å²) in [5, 5.41) is 19.4. The number of piperazine rings is 1. The highest BCUT2D eigenvalue weighted by Crippen LogP contribution is 2.36. The number of aromatic nitrogens is 5. The fraction of sp³-hybridized carbons (Fsp3) is 0.615. The van der Waals surface area contributed by atoms with Crippen LogP contribution >= 0.6 is 0 Å². The SMILES string of the molecule is CC[C@@H]1CN(c2nc(=O)n(C)c3c2nnn3CC2(O)CCC2)[C@@H](C)CN1C(C)c1ccc(C(F)(F)F)cc1. The van der Waals surface area contributed by atoms with Crippen LogP contribution in [0.1, 0.15) is 63.6 Å². The zero-order valence-electron chi connectivity index (χ0n) is 22.1. The molecule has 5 rings (SSSR count). The first-order chi connectivity index (χ1) is 17.9. The minimum Gasteiger partial charge on any atom is -0.388 e. The molecule has 12 heteroatoms. The van der Waals surface area contributed by atoms with Crippen molar-refractivity contribution >= 4 is 17.0 Å². The maximum Gasteiger partial charge on any atom is 0.416 e. The normalized spacial score (nSPS) is 23.0. The van der Waals surface area contributed by atoms with E-state index in [2.05, 4.69) is 32.0 Å². The predicted molar refractivity (Wildman–Crippen MR) is 137 cm³/mol. The molecular weight excluding hydrogens is 499 g/mol. The van der Waals surface area contributed by atoms with Crippen LogP contribution in [-0.2, 0) is 19.8 Å². The van der Waals surface area contributed by atoms with Gasteiger partial charge in [0.1, 0.15) is 0 Å². The number of hydrogen-bond donors (Lipinski definition) is 1. The highest BCUT2D eigenvalue weighted by atomic mass is 19.4. The van der Waals surface area contributed by atoms with E-state index >= 15 is 0 Å². The summed E-state index contributed by atoms with van der Waals surface area (Å²) in [4.78, 5) is 21.7. The molecule has 1 aromatic carbocycles. The molecule has 0 radical (unpaired) electrons. The van der Waals surface area contributed by atoms with E-state index in [1.54, 1.807) is 23.9 Å². The van der Waals surface area contributed by atoms with Crippen LogP contribution in [0, 0.1) is 0 Å². The Morgan fingerprint density at radius 3 is 2.45 bits per heavy atom. The van der Waals surface area contributed by atoms with Gasteiger partial charge in [-0.1, -0.05) is 24.3 Å². The molecule has 38 heavy (non-hydrogen) atoms. The van der Waals surface area contributed by atoms with Gasteiger partial charge in [-0.15, -0.1) is 5.10 Å². The lowest BCUT2D eigenvalue weighted by Crippen LogP contribution is -2.58. The first-order valence-electron chi connectivity index (χ1n) is 13.1. The standard InChI is InChI=1S/C26H34F3N7O2/c1-5-20-14-34(16(2)13-35(20)17(3)18-7-9-19(10-8-18)26(27,28)29)22-21-23(33(4)24(37)30-22)36(32-31-21)15-25(38)11-6-12-25/h7-10,16-17,20,38H,5-6,11-15H2,1-4H3/t16-,17?,20+/m0/s1. The summed E-state index contributed by atoms with van der Waals surface area (Å²) in [6.45, 7) is 7.62. The van der Waals surface area contributed by atoms with Crippen molar-refractivity contribution in [3.8, 4) is 0 Å². The number of nitrogens with zero attached hydrogens (tertiary/aromatic N) is 7. The third kappa shape index (κ3) is 4.68. The van der Waals surface area contributed by atoms with Gasteiger partial charge in [0.25, 0.3) is 0 Å². The lowest BCUT2D eigenvalue weighted by Gasteiger charge is -2.48. The summed E-state index contributed by atoms with van der Waals surface area (Å²) >= 11 is 0. The molecule has 3 heterocycles. The molecule has 0 bridgehead atoms. The molecule has 1 saturated carbocycles. The van der Waals surface area contributed by atoms with Gasteiger partial charge in [0.05, 0.1) is 17.7 Å². The van der Waals surface area contributed by atoms with E-state index in [1.807, 2.05) is 13.8 Å². The molecule has 2 aliphatic rings. The quantitative estimate of drug-likeness (QED) is 0.519. The van der Waals surface area contributed by atoms with Gasteiger partial charge in [0.15, 0.2) is 17.0 Å². The van der Waals surface area contributed by atoms with Crippen LogP contribution in [0.15, 0.2) is 29.1 Å². The van der Waals surface area contributed by atoms with Crippen LogP contribution in [0.25, 0.3) is 11.2 Å². The second kappa shape index (κ2) is 9.64. The topological polar surface area (TPSA) is 92.3 Å². The Morgan fingerprint density at radius 1 is 1.18 bits per heavy atom. The lowest BCUT2D eigenvalue weighted by molar-refractivity contribution is -0.137. The monoisotopic (exact) mass is 533 g/mol. The number of aliphatic hydroxyl groups is 1. The largest absolute Gasteiger partial charge is 0.416 e. The van der Waals surface area contributed by atoms with Gasteiger partial charge in [-0.25, -0.2) is 9.48 Å². The van der Waals surface area contributed by atoms with E-state index in [1.165, 1.54) is 4.57 Å². The summed E-state index contributed by atoms with van der Waals surface area (Å²) in [5.74, 6) is 0.475. The molecule has 1 unspecified atom stereocenters. The second-order valence-electron chi connectivity index (χ2n) is 10.8. The fourth-order valence-electron chi connectivity index (χ4n) is 5.76. The van der Waals surface area contributed by atoms with Crippen molar-refractivity contribution in [2.24, 2.45) is 7.05 Å². The van der Waals surface area contributed by atoms with E-state index in [0.717, 1.165) is 30.5 Å². The van der Waals surface area contributed by atoms with Crippen LogP contribution in [0.3, 0.4) is 0 Å². The van der Waals surface area contributed by atoms with Crippen LogP contribution in [-0.4, -0.2) is 65.3 Å². The van der Waals surface area contributed by atoms with Gasteiger partial charge in [0.2, 0.25) is 0 Å². The number of anilines is 1. The van der Waals surface area contributed by atoms with Crippen molar-refractivity contribution in [2.45, 2.75) is 82.9 Å². The molecule has 1 aliphatic heterocycles. The van der Waals surface area contributed by atoms with Crippen molar-refractivity contribution < 1.29 is 18.3 Å². The summed E-state index contributed by atoms with van der Waals surface area (Å²) in [6.07, 6.45) is -1.22. The molecule has 3 aromatic rings. The molecular formula is C26H34F3N7O2. The van der Waals surface area contributed by atoms with Crippen LogP contribution in [0.4, 0.5) is 19.0 Å². The maximum atomic E-state index is 13.0. The van der Waals surface area contributed by atoms with E-state index < -0.39 is 23.0 Å². The molecule has 1 N–H and O–H groups in total. The van der Waals surface area contributed by atoms with Gasteiger partial charge in [-0.05, 0) is 57.2 Å². The summed E-state index contributed by atoms with van der Waals surface area (Å²) in [7, 11) is 1.63. The zero-order chi connectivity index (χ0) is 27.4. The van der Waals surface area contributed by atoms with Crippen molar-refractivity contribution in [3.63, 3.8) is 0 Å². The maximum absolute atomic E-state index is 13.0. The van der Waals surface area contributed by atoms with E-state index in [0.29, 0.717) is 42.9 Å². The number of halogens is 3. The Kier molecular flexibility index (Phi) is 6.75. The highest BCUT2D eigenvalue weighted by Gasteiger charge is 2.38. The van der Waals surface area contributed by atoms with E-state index in [9.17, 15) is 23.1 Å². The Hall–Kier alpha value is -2.99. The molecule has 0 spiro atoms. The van der Waals surface area contributed by atoms with Crippen molar-refractivity contribution in [1.29, 1.82) is 0 Å². The molecule has 2 fully saturated rings. The number of rotatable bonds is 6. The predicted octanol–water partition coefficient (Wildman–Crippen LogP) is 3.51. The van der Waals surface area contributed by atoms with E-state index in [4.69, 9.17) is 0 Å². The average molecular weight is 534 g/mol. The Bertz CT molecular complexity index is 1360. The number of hydrogen-bond acceptors (Lipinski definition) is 7. The number of alkyl halides is 3. The molecule has 9 nitrogen and oxygen atoms in total. The molecule has 1 saturated heterocycles. The Balaban J connectivity index is 1.43. The first-order valence-corrected chi connectivity index (χ1v) is 13.1. The Morgan fingerprint density at radius 2 is 1.87 bits per heavy atom. The Labute approximate surface area is 218 Å². The third-order valence-corrected chi connectivity index (χ3v) is 8.30. The average Bonchev–Trinajstić information content (AvgIpc) is 3.28. The zero-order valence-corrected chi connectivity index (χ0v) is 22.1. The molecule has 2 aromatic heterocycles. The molecule has 206 valence electrons. The summed E-state index contributed by atoms with van der Waals surface area (Å²) < 4.78 is 42.2. The van der Waals surface area contributed by atoms with Gasteiger partial charge in [-0.2, -0.15) is 18.2 Å². The molecule has 0 amide bonds. The van der Waals surface area contributed by atoms with Crippen LogP contribution in [0.2, 0.25) is 0 Å². The summed E-state index contributed by atoms with van der Waals surface area (Å²) in [5.41, 5.74) is -0.0414. The molecule has 1 aliphatic carbocycles. The van der Waals surface area contributed by atoms with Crippen molar-refractivity contribution in [2.75, 3.05) is 18.0 Å². The van der Waals surface area contributed by atoms with Crippen LogP contribution in [0.5, 0.6) is 0 Å². The lowest BCUT2D eigenvalue weighted by atomic mass is 9.80.